The van der Waals surface area contributed by atoms with Gasteiger partial charge in [0.05, 0.1) is 17.8 Å². The largest absolute Gasteiger partial charge is 0.348 e. The first-order valence-corrected chi connectivity index (χ1v) is 10.2. The molecule has 0 radical (unpaired) electrons. The van der Waals surface area contributed by atoms with Crippen molar-refractivity contribution < 1.29 is 13.2 Å². The number of nitrogens with one attached hydrogen (secondary N) is 1. The topological polar surface area (TPSA) is 89.3 Å². The second-order valence-corrected chi connectivity index (χ2v) is 8.50. The number of sulfone groups is 1. The van der Waals surface area contributed by atoms with Crippen molar-refractivity contribution in [3.05, 3.63) is 60.2 Å². The van der Waals surface area contributed by atoms with Crippen LogP contribution in [0.2, 0.25) is 0 Å². The Bertz CT molecular complexity index is 808. The van der Waals surface area contributed by atoms with Gasteiger partial charge in [-0.05, 0) is 30.0 Å². The van der Waals surface area contributed by atoms with E-state index in [4.69, 9.17) is 5.73 Å². The molecule has 0 bridgehead atoms. The fourth-order valence-electron chi connectivity index (χ4n) is 2.47. The van der Waals surface area contributed by atoms with Gasteiger partial charge in [-0.15, -0.1) is 12.4 Å². The van der Waals surface area contributed by atoms with Crippen LogP contribution in [0.3, 0.4) is 0 Å². The lowest BCUT2D eigenvalue weighted by atomic mass is 10.0. The van der Waals surface area contributed by atoms with Gasteiger partial charge in [0, 0.05) is 6.26 Å². The number of hydrogen-bond acceptors (Lipinski definition) is 4. The van der Waals surface area contributed by atoms with Crippen molar-refractivity contribution in [3.63, 3.8) is 0 Å². The second kappa shape index (κ2) is 9.71. The fraction of sp³-hybridized carbons (Fsp3) is 0.316. The van der Waals surface area contributed by atoms with Crippen molar-refractivity contribution in [2.24, 2.45) is 5.73 Å². The summed E-state index contributed by atoms with van der Waals surface area (Å²) in [4.78, 5) is 12.1. The third-order valence-corrected chi connectivity index (χ3v) is 4.99. The molecule has 2 atom stereocenters. The molecule has 7 heteroatoms. The number of benzene rings is 2. The minimum absolute atomic E-state index is 0. The number of carbonyl (C=O) groups excluding carboxylic acids is 1. The van der Waals surface area contributed by atoms with Crippen molar-refractivity contribution in [2.45, 2.75) is 25.4 Å². The summed E-state index contributed by atoms with van der Waals surface area (Å²) in [5.41, 5.74) is 8.97. The van der Waals surface area contributed by atoms with Crippen molar-refractivity contribution in [1.82, 2.24) is 5.32 Å². The van der Waals surface area contributed by atoms with Crippen LogP contribution in [-0.2, 0) is 14.6 Å². The highest BCUT2D eigenvalue weighted by molar-refractivity contribution is 7.90. The van der Waals surface area contributed by atoms with Gasteiger partial charge in [-0.25, -0.2) is 8.42 Å². The smallest absolute Gasteiger partial charge is 0.237 e. The molecule has 2 unspecified atom stereocenters. The zero-order valence-electron chi connectivity index (χ0n) is 14.9. The Balaban J connectivity index is 0.00000338. The summed E-state index contributed by atoms with van der Waals surface area (Å²) in [6.07, 6.45) is 1.25. The van der Waals surface area contributed by atoms with Gasteiger partial charge in [-0.2, -0.15) is 0 Å². The van der Waals surface area contributed by atoms with E-state index >= 15 is 0 Å². The molecule has 142 valence electrons. The Morgan fingerprint density at radius 1 is 1.04 bits per heavy atom. The maximum atomic E-state index is 12.1. The van der Waals surface area contributed by atoms with Crippen LogP contribution in [0, 0.1) is 0 Å². The third-order valence-electron chi connectivity index (χ3n) is 4.01. The van der Waals surface area contributed by atoms with Crippen LogP contribution in [0.1, 0.15) is 24.9 Å². The molecule has 2 rings (SSSR count). The average molecular weight is 397 g/mol. The van der Waals surface area contributed by atoms with Crippen LogP contribution in [0.4, 0.5) is 0 Å². The predicted molar refractivity (Wildman–Crippen MR) is 108 cm³/mol. The highest BCUT2D eigenvalue weighted by atomic mass is 35.5. The molecule has 0 spiro atoms. The molecule has 0 saturated carbocycles. The summed E-state index contributed by atoms with van der Waals surface area (Å²) >= 11 is 0. The monoisotopic (exact) mass is 396 g/mol. The van der Waals surface area contributed by atoms with Crippen LogP contribution < -0.4 is 11.1 Å². The zero-order valence-corrected chi connectivity index (χ0v) is 16.5. The summed E-state index contributed by atoms with van der Waals surface area (Å²) in [5, 5.41) is 2.83. The van der Waals surface area contributed by atoms with E-state index in [0.717, 1.165) is 22.9 Å². The Kier molecular flexibility index (Phi) is 8.27. The third kappa shape index (κ3) is 6.78. The fourth-order valence-corrected chi connectivity index (χ4v) is 3.15. The number of nitrogens with two attached hydrogens (primary N) is 1. The maximum absolute atomic E-state index is 12.1. The minimum atomic E-state index is -3.12. The van der Waals surface area contributed by atoms with Gasteiger partial charge in [0.25, 0.3) is 0 Å². The quantitative estimate of drug-likeness (QED) is 0.752. The predicted octanol–water partition coefficient (Wildman–Crippen LogP) is 2.71. The lowest BCUT2D eigenvalue weighted by Gasteiger charge is -2.18. The lowest BCUT2D eigenvalue weighted by Crippen LogP contribution is -2.42. The Hall–Kier alpha value is -1.89. The van der Waals surface area contributed by atoms with Crippen LogP contribution in [-0.4, -0.2) is 32.4 Å². The molecule has 0 aromatic heterocycles. The molecule has 2 aromatic carbocycles. The van der Waals surface area contributed by atoms with Gasteiger partial charge in [-0.1, -0.05) is 54.6 Å². The van der Waals surface area contributed by atoms with Gasteiger partial charge in [-0.3, -0.25) is 4.79 Å². The van der Waals surface area contributed by atoms with Gasteiger partial charge in [0.2, 0.25) is 5.91 Å². The van der Waals surface area contributed by atoms with Crippen molar-refractivity contribution >= 4 is 28.2 Å². The van der Waals surface area contributed by atoms with Crippen LogP contribution in [0.15, 0.2) is 54.6 Å². The summed E-state index contributed by atoms with van der Waals surface area (Å²) in [6.45, 7) is 1.87. The van der Waals surface area contributed by atoms with Crippen molar-refractivity contribution in [2.75, 3.05) is 12.0 Å². The molecule has 3 N–H and O–H groups in total. The molecule has 0 saturated heterocycles. The number of carbonyl (C=O) groups is 1. The van der Waals surface area contributed by atoms with E-state index in [9.17, 15) is 13.2 Å². The molecule has 0 heterocycles. The van der Waals surface area contributed by atoms with E-state index in [2.05, 4.69) is 5.32 Å². The van der Waals surface area contributed by atoms with Crippen LogP contribution >= 0.6 is 12.4 Å². The van der Waals surface area contributed by atoms with Gasteiger partial charge >= 0.3 is 0 Å². The molecule has 1 amide bonds. The molecular weight excluding hydrogens is 372 g/mol. The number of rotatable bonds is 7. The Morgan fingerprint density at radius 2 is 1.58 bits per heavy atom. The molecule has 0 fully saturated rings. The van der Waals surface area contributed by atoms with Gasteiger partial charge < -0.3 is 11.1 Å². The van der Waals surface area contributed by atoms with Crippen LogP contribution in [0.25, 0.3) is 11.1 Å². The minimum Gasteiger partial charge on any atom is -0.348 e. The van der Waals surface area contributed by atoms with E-state index in [1.54, 1.807) is 0 Å². The Morgan fingerprint density at radius 3 is 2.12 bits per heavy atom. The number of hydrogen-bond donors (Lipinski definition) is 2. The zero-order chi connectivity index (χ0) is 18.4. The van der Waals surface area contributed by atoms with E-state index in [-0.39, 0.29) is 36.5 Å². The average Bonchev–Trinajstić information content (AvgIpc) is 2.59. The molecule has 26 heavy (non-hydrogen) atoms. The number of halogens is 1. The summed E-state index contributed by atoms with van der Waals surface area (Å²) in [7, 11) is -3.12. The van der Waals surface area contributed by atoms with E-state index < -0.39 is 15.9 Å². The number of amides is 1. The lowest BCUT2D eigenvalue weighted by molar-refractivity contribution is -0.123. The second-order valence-electron chi connectivity index (χ2n) is 6.24. The molecule has 0 aliphatic rings. The highest BCUT2D eigenvalue weighted by Gasteiger charge is 2.18. The standard InChI is InChI=1S/C19H24N2O3S.ClH/c1-14(21-19(22)18(20)12-13-25(2,23)24)15-8-10-17(11-9-15)16-6-4-3-5-7-16;/h3-11,14,18H,12-13,20H2,1-2H3,(H,21,22);1H. The molecule has 0 aliphatic heterocycles. The maximum Gasteiger partial charge on any atom is 0.237 e. The van der Waals surface area contributed by atoms with E-state index in [1.165, 1.54) is 0 Å². The normalized spacial score (nSPS) is 13.3. The highest BCUT2D eigenvalue weighted by Crippen LogP contribution is 2.21. The first kappa shape index (κ1) is 22.2. The first-order valence-electron chi connectivity index (χ1n) is 8.15. The molecule has 2 aromatic rings. The van der Waals surface area contributed by atoms with Crippen molar-refractivity contribution in [3.8, 4) is 11.1 Å². The Labute approximate surface area is 161 Å². The van der Waals surface area contributed by atoms with E-state index in [1.807, 2.05) is 61.5 Å². The van der Waals surface area contributed by atoms with Crippen molar-refractivity contribution in [1.29, 1.82) is 0 Å². The SMILES string of the molecule is CC(NC(=O)C(N)CCS(C)(=O)=O)c1ccc(-c2ccccc2)cc1.Cl. The summed E-state index contributed by atoms with van der Waals surface area (Å²) < 4.78 is 22.3. The first-order chi connectivity index (χ1) is 11.8. The summed E-state index contributed by atoms with van der Waals surface area (Å²) in [6, 6.07) is 17.0. The van der Waals surface area contributed by atoms with Gasteiger partial charge in [0.15, 0.2) is 0 Å². The van der Waals surface area contributed by atoms with E-state index in [0.29, 0.717) is 0 Å². The molecule has 5 nitrogen and oxygen atoms in total. The molecular formula is C19H25ClN2O3S. The van der Waals surface area contributed by atoms with Gasteiger partial charge in [0.1, 0.15) is 9.84 Å². The summed E-state index contributed by atoms with van der Waals surface area (Å²) in [5.74, 6) is -0.440. The molecule has 0 aliphatic carbocycles. The van der Waals surface area contributed by atoms with Crippen LogP contribution in [0.5, 0.6) is 0 Å².